The maximum atomic E-state index is 11.8. The quantitative estimate of drug-likeness (QED) is 0.790. The molecule has 0 radical (unpaired) electrons. The van der Waals surface area contributed by atoms with Crippen molar-refractivity contribution in [2.24, 2.45) is 5.92 Å². The summed E-state index contributed by atoms with van der Waals surface area (Å²) in [6.45, 7) is 0.397. The predicted molar refractivity (Wildman–Crippen MR) is 83.2 cm³/mol. The Hall–Kier alpha value is -1.82. The van der Waals surface area contributed by atoms with Gasteiger partial charge in [-0.3, -0.25) is 9.52 Å². The molecule has 0 heterocycles. The third-order valence-corrected chi connectivity index (χ3v) is 3.89. The van der Waals surface area contributed by atoms with Gasteiger partial charge in [-0.05, 0) is 36.5 Å². The summed E-state index contributed by atoms with van der Waals surface area (Å²) in [7, 11) is -3.29. The molecule has 1 aromatic carbocycles. The summed E-state index contributed by atoms with van der Waals surface area (Å²) in [5.74, 6) is 0.372. The topological polar surface area (TPSA) is 75.3 Å². The molecular formula is C15H20N2O3S. The van der Waals surface area contributed by atoms with Crippen LogP contribution in [0.4, 0.5) is 5.69 Å². The number of carbonyl (C=O) groups is 1. The molecule has 1 aliphatic rings. The molecule has 0 bridgehead atoms. The predicted octanol–water partition coefficient (Wildman–Crippen LogP) is 2.03. The first-order valence-corrected chi connectivity index (χ1v) is 8.81. The summed E-state index contributed by atoms with van der Waals surface area (Å²) in [5, 5.41) is 2.87. The highest BCUT2D eigenvalue weighted by molar-refractivity contribution is 7.92. The van der Waals surface area contributed by atoms with Crippen molar-refractivity contribution >= 4 is 21.6 Å². The lowest BCUT2D eigenvalue weighted by atomic mass is 10.1. The fourth-order valence-electron chi connectivity index (χ4n) is 2.34. The molecule has 114 valence electrons. The molecule has 0 fully saturated rings. The van der Waals surface area contributed by atoms with Crippen molar-refractivity contribution in [1.82, 2.24) is 5.32 Å². The maximum Gasteiger partial charge on any atom is 0.229 e. The Kier molecular flexibility index (Phi) is 5.01. The Bertz CT molecular complexity index is 638. The van der Waals surface area contributed by atoms with Crippen LogP contribution < -0.4 is 10.0 Å². The standard InChI is InChI=1S/C15H20N2O3S/c1-21(19,20)17-14-8-4-7-13(9-14)11-16-15(18)10-12-5-2-3-6-12/h2,4-5,7-9,12,17H,3,6,10-11H2,1H3,(H,16,18). The second-order valence-electron chi connectivity index (χ2n) is 5.32. The van der Waals surface area contributed by atoms with Crippen LogP contribution in [0, 0.1) is 5.92 Å². The number of carbonyl (C=O) groups excluding carboxylic acids is 1. The lowest BCUT2D eigenvalue weighted by Gasteiger charge is -2.10. The van der Waals surface area contributed by atoms with Gasteiger partial charge in [-0.15, -0.1) is 0 Å². The van der Waals surface area contributed by atoms with Crippen molar-refractivity contribution in [3.8, 4) is 0 Å². The van der Waals surface area contributed by atoms with Gasteiger partial charge in [0.1, 0.15) is 0 Å². The number of nitrogens with one attached hydrogen (secondary N) is 2. The zero-order chi connectivity index (χ0) is 15.3. The van der Waals surface area contributed by atoms with Crippen LogP contribution in [-0.4, -0.2) is 20.6 Å². The van der Waals surface area contributed by atoms with Gasteiger partial charge in [0.25, 0.3) is 0 Å². The van der Waals surface area contributed by atoms with Crippen molar-refractivity contribution < 1.29 is 13.2 Å². The van der Waals surface area contributed by atoms with Crippen LogP contribution in [0.3, 0.4) is 0 Å². The van der Waals surface area contributed by atoms with E-state index >= 15 is 0 Å². The first-order chi connectivity index (χ1) is 9.92. The first-order valence-electron chi connectivity index (χ1n) is 6.92. The second-order valence-corrected chi connectivity index (χ2v) is 7.07. The van der Waals surface area contributed by atoms with Crippen LogP contribution in [-0.2, 0) is 21.4 Å². The number of sulfonamides is 1. The summed E-state index contributed by atoms with van der Waals surface area (Å²) in [6, 6.07) is 7.00. The number of hydrogen-bond donors (Lipinski definition) is 2. The molecule has 0 saturated heterocycles. The Balaban J connectivity index is 1.86. The highest BCUT2D eigenvalue weighted by Gasteiger charge is 2.13. The van der Waals surface area contributed by atoms with Gasteiger partial charge in [0, 0.05) is 18.7 Å². The lowest BCUT2D eigenvalue weighted by molar-refractivity contribution is -0.121. The highest BCUT2D eigenvalue weighted by atomic mass is 32.2. The number of amides is 1. The van der Waals surface area contributed by atoms with Gasteiger partial charge in [-0.25, -0.2) is 8.42 Å². The zero-order valence-corrected chi connectivity index (χ0v) is 12.8. The van der Waals surface area contributed by atoms with Crippen molar-refractivity contribution in [3.05, 3.63) is 42.0 Å². The molecule has 1 amide bonds. The molecule has 0 aromatic heterocycles. The summed E-state index contributed by atoms with van der Waals surface area (Å²) in [6.07, 6.45) is 7.92. The zero-order valence-electron chi connectivity index (χ0n) is 12.0. The molecule has 5 nitrogen and oxygen atoms in total. The molecular weight excluding hydrogens is 288 g/mol. The minimum Gasteiger partial charge on any atom is -0.352 e. The SMILES string of the molecule is CS(=O)(=O)Nc1cccc(CNC(=O)CC2C=CCC2)c1. The van der Waals surface area contributed by atoms with E-state index in [1.165, 1.54) is 0 Å². The van der Waals surface area contributed by atoms with E-state index in [-0.39, 0.29) is 5.91 Å². The summed E-state index contributed by atoms with van der Waals surface area (Å²) < 4.78 is 24.8. The summed E-state index contributed by atoms with van der Waals surface area (Å²) in [4.78, 5) is 11.8. The van der Waals surface area contributed by atoms with Gasteiger partial charge in [-0.1, -0.05) is 24.3 Å². The number of allylic oxidation sites excluding steroid dienone is 2. The molecule has 2 rings (SSSR count). The number of benzene rings is 1. The maximum absolute atomic E-state index is 11.8. The summed E-state index contributed by atoms with van der Waals surface area (Å²) >= 11 is 0. The molecule has 1 atom stereocenters. The molecule has 0 saturated carbocycles. The van der Waals surface area contributed by atoms with Crippen LogP contribution in [0.2, 0.25) is 0 Å². The van der Waals surface area contributed by atoms with Crippen LogP contribution >= 0.6 is 0 Å². The third kappa shape index (κ3) is 5.59. The first kappa shape index (κ1) is 15.6. The van der Waals surface area contributed by atoms with Crippen molar-refractivity contribution in [3.63, 3.8) is 0 Å². The number of rotatable bonds is 6. The van der Waals surface area contributed by atoms with Crippen molar-refractivity contribution in [2.75, 3.05) is 11.0 Å². The fourth-order valence-corrected chi connectivity index (χ4v) is 2.89. The monoisotopic (exact) mass is 308 g/mol. The molecule has 0 spiro atoms. The molecule has 21 heavy (non-hydrogen) atoms. The molecule has 2 N–H and O–H groups in total. The Morgan fingerprint density at radius 2 is 2.19 bits per heavy atom. The van der Waals surface area contributed by atoms with Gasteiger partial charge < -0.3 is 5.32 Å². The second kappa shape index (κ2) is 6.76. The number of hydrogen-bond acceptors (Lipinski definition) is 3. The lowest BCUT2D eigenvalue weighted by Crippen LogP contribution is -2.24. The minimum atomic E-state index is -3.29. The molecule has 0 aliphatic heterocycles. The molecule has 1 aromatic rings. The Morgan fingerprint density at radius 1 is 1.38 bits per heavy atom. The van der Waals surface area contributed by atoms with Gasteiger partial charge >= 0.3 is 0 Å². The average Bonchev–Trinajstić information content (AvgIpc) is 2.87. The highest BCUT2D eigenvalue weighted by Crippen LogP contribution is 2.20. The Labute approximate surface area is 125 Å². The van der Waals surface area contributed by atoms with Crippen LogP contribution in [0.15, 0.2) is 36.4 Å². The van der Waals surface area contributed by atoms with Crippen molar-refractivity contribution in [1.29, 1.82) is 0 Å². The molecule has 1 unspecified atom stereocenters. The molecule has 6 heteroatoms. The molecule has 1 aliphatic carbocycles. The van der Waals surface area contributed by atoms with E-state index in [9.17, 15) is 13.2 Å². The van der Waals surface area contributed by atoms with Gasteiger partial charge in [-0.2, -0.15) is 0 Å². The Morgan fingerprint density at radius 3 is 2.86 bits per heavy atom. The summed E-state index contributed by atoms with van der Waals surface area (Å²) in [5.41, 5.74) is 1.36. The van der Waals surface area contributed by atoms with Crippen LogP contribution in [0.5, 0.6) is 0 Å². The van der Waals surface area contributed by atoms with E-state index < -0.39 is 10.0 Å². The largest absolute Gasteiger partial charge is 0.352 e. The van der Waals surface area contributed by atoms with E-state index in [2.05, 4.69) is 22.2 Å². The van der Waals surface area contributed by atoms with E-state index in [1.807, 2.05) is 6.07 Å². The average molecular weight is 308 g/mol. The van der Waals surface area contributed by atoms with Gasteiger partial charge in [0.15, 0.2) is 0 Å². The normalized spacial score (nSPS) is 17.7. The van der Waals surface area contributed by atoms with Crippen LogP contribution in [0.1, 0.15) is 24.8 Å². The minimum absolute atomic E-state index is 0.0213. The third-order valence-electron chi connectivity index (χ3n) is 3.28. The van der Waals surface area contributed by atoms with Crippen molar-refractivity contribution in [2.45, 2.75) is 25.8 Å². The van der Waals surface area contributed by atoms with Gasteiger partial charge in [0.05, 0.1) is 6.26 Å². The van der Waals surface area contributed by atoms with E-state index in [1.54, 1.807) is 18.2 Å². The fraction of sp³-hybridized carbons (Fsp3) is 0.400. The smallest absolute Gasteiger partial charge is 0.229 e. The van der Waals surface area contributed by atoms with E-state index in [0.717, 1.165) is 24.7 Å². The number of anilines is 1. The van der Waals surface area contributed by atoms with Gasteiger partial charge in [0.2, 0.25) is 15.9 Å². The van der Waals surface area contributed by atoms with Crippen LogP contribution in [0.25, 0.3) is 0 Å². The van der Waals surface area contributed by atoms with E-state index in [0.29, 0.717) is 24.6 Å². The van der Waals surface area contributed by atoms with E-state index in [4.69, 9.17) is 0 Å².